The molecule has 1 aliphatic carbocycles. The Balaban J connectivity index is 1.96. The molecule has 1 aromatic rings. The molecule has 1 fully saturated rings. The van der Waals surface area contributed by atoms with Gasteiger partial charge in [0.2, 0.25) is 11.9 Å². The number of anilines is 2. The molecule has 6 heteroatoms. The van der Waals surface area contributed by atoms with Gasteiger partial charge >= 0.3 is 6.01 Å². The molecule has 0 spiro atoms. The predicted molar refractivity (Wildman–Crippen MR) is 61.2 cm³/mol. The van der Waals surface area contributed by atoms with Gasteiger partial charge in [0.25, 0.3) is 0 Å². The van der Waals surface area contributed by atoms with Gasteiger partial charge in [-0.05, 0) is 25.2 Å². The average Bonchev–Trinajstić information content (AvgIpc) is 3.07. The van der Waals surface area contributed by atoms with Crippen molar-refractivity contribution in [3.63, 3.8) is 0 Å². The molecular weight excluding hydrogens is 206 g/mol. The Labute approximate surface area is 94.6 Å². The second kappa shape index (κ2) is 4.96. The summed E-state index contributed by atoms with van der Waals surface area (Å²) in [7, 11) is 0. The zero-order valence-electron chi connectivity index (χ0n) is 9.44. The average molecular weight is 223 g/mol. The van der Waals surface area contributed by atoms with Crippen molar-refractivity contribution < 1.29 is 4.74 Å². The molecule has 0 atom stereocenters. The van der Waals surface area contributed by atoms with Gasteiger partial charge in [-0.15, -0.1) is 0 Å². The molecule has 0 amide bonds. The van der Waals surface area contributed by atoms with Gasteiger partial charge in [-0.3, -0.25) is 0 Å². The molecule has 0 radical (unpaired) electrons. The van der Waals surface area contributed by atoms with Crippen LogP contribution in [0.5, 0.6) is 6.01 Å². The third kappa shape index (κ3) is 3.22. The number of nitrogen functional groups attached to an aromatic ring is 1. The summed E-state index contributed by atoms with van der Waals surface area (Å²) in [6.45, 7) is 3.51. The van der Waals surface area contributed by atoms with Crippen LogP contribution in [0.25, 0.3) is 0 Å². The summed E-state index contributed by atoms with van der Waals surface area (Å²) in [5.74, 6) is 1.46. The maximum Gasteiger partial charge on any atom is 0.323 e. The van der Waals surface area contributed by atoms with Gasteiger partial charge in [0.1, 0.15) is 0 Å². The van der Waals surface area contributed by atoms with E-state index in [9.17, 15) is 0 Å². The number of rotatable bonds is 6. The van der Waals surface area contributed by atoms with Crippen LogP contribution in [-0.4, -0.2) is 28.1 Å². The smallest absolute Gasteiger partial charge is 0.323 e. The van der Waals surface area contributed by atoms with E-state index in [1.807, 2.05) is 6.92 Å². The van der Waals surface area contributed by atoms with E-state index in [0.717, 1.165) is 18.9 Å². The fourth-order valence-electron chi connectivity index (χ4n) is 1.27. The number of nitrogens with zero attached hydrogens (tertiary/aromatic N) is 3. The third-order valence-corrected chi connectivity index (χ3v) is 2.31. The molecule has 0 unspecified atom stereocenters. The monoisotopic (exact) mass is 223 g/mol. The van der Waals surface area contributed by atoms with Crippen LogP contribution in [0.3, 0.4) is 0 Å². The van der Waals surface area contributed by atoms with Crippen molar-refractivity contribution in [3.8, 4) is 6.01 Å². The van der Waals surface area contributed by atoms with E-state index in [0.29, 0.717) is 18.6 Å². The van der Waals surface area contributed by atoms with Crippen LogP contribution in [0.4, 0.5) is 11.9 Å². The summed E-state index contributed by atoms with van der Waals surface area (Å²) in [6.07, 6.45) is 3.48. The van der Waals surface area contributed by atoms with Gasteiger partial charge in [-0.2, -0.15) is 15.0 Å². The van der Waals surface area contributed by atoms with Gasteiger partial charge in [0.15, 0.2) is 0 Å². The number of hydrogen-bond donors (Lipinski definition) is 2. The van der Waals surface area contributed by atoms with Crippen LogP contribution in [-0.2, 0) is 0 Å². The SMILES string of the molecule is CCCOc1nc(N)nc(NCC2CC2)n1. The molecule has 0 bridgehead atoms. The number of aromatic nitrogens is 3. The van der Waals surface area contributed by atoms with Crippen LogP contribution in [0.2, 0.25) is 0 Å². The van der Waals surface area contributed by atoms with Crippen LogP contribution in [0.15, 0.2) is 0 Å². The van der Waals surface area contributed by atoms with Crippen molar-refractivity contribution in [3.05, 3.63) is 0 Å². The summed E-state index contributed by atoms with van der Waals surface area (Å²) in [4.78, 5) is 12.0. The van der Waals surface area contributed by atoms with E-state index in [-0.39, 0.29) is 5.95 Å². The highest BCUT2D eigenvalue weighted by Crippen LogP contribution is 2.28. The molecule has 1 aliphatic rings. The van der Waals surface area contributed by atoms with Crippen LogP contribution < -0.4 is 15.8 Å². The van der Waals surface area contributed by atoms with Crippen molar-refractivity contribution >= 4 is 11.9 Å². The lowest BCUT2D eigenvalue weighted by molar-refractivity contribution is 0.292. The molecule has 1 aromatic heterocycles. The summed E-state index contributed by atoms with van der Waals surface area (Å²) < 4.78 is 5.32. The Bertz CT molecular complexity index is 353. The molecule has 0 aromatic carbocycles. The summed E-state index contributed by atoms with van der Waals surface area (Å²) in [6, 6.07) is 0.299. The van der Waals surface area contributed by atoms with Crippen LogP contribution in [0.1, 0.15) is 26.2 Å². The van der Waals surface area contributed by atoms with Gasteiger partial charge in [-0.1, -0.05) is 6.92 Å². The molecule has 3 N–H and O–H groups in total. The van der Waals surface area contributed by atoms with Crippen molar-refractivity contribution in [2.45, 2.75) is 26.2 Å². The van der Waals surface area contributed by atoms with Gasteiger partial charge < -0.3 is 15.8 Å². The standard InChI is InChI=1S/C10H17N5O/c1-2-5-16-10-14-8(11)13-9(15-10)12-6-7-3-4-7/h7H,2-6H2,1H3,(H3,11,12,13,14,15). The van der Waals surface area contributed by atoms with Gasteiger partial charge in [-0.25, -0.2) is 0 Å². The first-order valence-corrected chi connectivity index (χ1v) is 5.66. The lowest BCUT2D eigenvalue weighted by Crippen LogP contribution is -2.11. The van der Waals surface area contributed by atoms with Gasteiger partial charge in [0, 0.05) is 6.54 Å². The molecule has 1 saturated carbocycles. The Hall–Kier alpha value is -1.59. The number of nitrogens with two attached hydrogens (primary N) is 1. The van der Waals surface area contributed by atoms with E-state index in [1.54, 1.807) is 0 Å². The molecular formula is C10H17N5O. The minimum atomic E-state index is 0.194. The third-order valence-electron chi connectivity index (χ3n) is 2.31. The van der Waals surface area contributed by atoms with Crippen molar-refractivity contribution in [2.75, 3.05) is 24.2 Å². The molecule has 16 heavy (non-hydrogen) atoms. The fraction of sp³-hybridized carbons (Fsp3) is 0.700. The highest BCUT2D eigenvalue weighted by atomic mass is 16.5. The molecule has 88 valence electrons. The lowest BCUT2D eigenvalue weighted by Gasteiger charge is -2.06. The Morgan fingerprint density at radius 3 is 2.88 bits per heavy atom. The van der Waals surface area contributed by atoms with Crippen LogP contribution in [0, 0.1) is 5.92 Å². The van der Waals surface area contributed by atoms with E-state index in [1.165, 1.54) is 12.8 Å². The van der Waals surface area contributed by atoms with Crippen molar-refractivity contribution in [2.24, 2.45) is 5.92 Å². The highest BCUT2D eigenvalue weighted by Gasteiger charge is 2.21. The van der Waals surface area contributed by atoms with Crippen molar-refractivity contribution in [1.82, 2.24) is 15.0 Å². The quantitative estimate of drug-likeness (QED) is 0.750. The first kappa shape index (κ1) is 10.9. The maximum absolute atomic E-state index is 5.57. The van der Waals surface area contributed by atoms with Crippen LogP contribution >= 0.6 is 0 Å². The fourth-order valence-corrected chi connectivity index (χ4v) is 1.27. The zero-order chi connectivity index (χ0) is 11.4. The number of nitrogens with one attached hydrogen (secondary N) is 1. The highest BCUT2D eigenvalue weighted by molar-refractivity contribution is 5.32. The lowest BCUT2D eigenvalue weighted by atomic mass is 10.4. The van der Waals surface area contributed by atoms with Crippen molar-refractivity contribution in [1.29, 1.82) is 0 Å². The van der Waals surface area contributed by atoms with E-state index >= 15 is 0 Å². The minimum Gasteiger partial charge on any atom is -0.463 e. The first-order valence-electron chi connectivity index (χ1n) is 5.66. The number of ether oxygens (including phenoxy) is 1. The Morgan fingerprint density at radius 2 is 2.19 bits per heavy atom. The molecule has 6 nitrogen and oxygen atoms in total. The van der Waals surface area contributed by atoms with E-state index < -0.39 is 0 Å². The normalized spacial score (nSPS) is 14.8. The first-order chi connectivity index (χ1) is 7.78. The van der Waals surface area contributed by atoms with Gasteiger partial charge in [0.05, 0.1) is 6.61 Å². The molecule has 2 rings (SSSR count). The number of hydrogen-bond acceptors (Lipinski definition) is 6. The Morgan fingerprint density at radius 1 is 1.38 bits per heavy atom. The van der Waals surface area contributed by atoms with E-state index in [2.05, 4.69) is 20.3 Å². The predicted octanol–water partition coefficient (Wildman–Crippen LogP) is 1.06. The largest absolute Gasteiger partial charge is 0.463 e. The second-order valence-corrected chi connectivity index (χ2v) is 3.97. The molecule has 1 heterocycles. The topological polar surface area (TPSA) is 86.0 Å². The maximum atomic E-state index is 5.57. The summed E-state index contributed by atoms with van der Waals surface area (Å²) in [5.41, 5.74) is 5.57. The van der Waals surface area contributed by atoms with E-state index in [4.69, 9.17) is 10.5 Å². The summed E-state index contributed by atoms with van der Waals surface area (Å²) in [5, 5.41) is 3.14. The molecule has 0 aliphatic heterocycles. The molecule has 0 saturated heterocycles. The summed E-state index contributed by atoms with van der Waals surface area (Å²) >= 11 is 0. The zero-order valence-corrected chi connectivity index (χ0v) is 9.44. The second-order valence-electron chi connectivity index (χ2n) is 3.97. The minimum absolute atomic E-state index is 0.194. The Kier molecular flexibility index (Phi) is 3.38.